The number of hydrogen-bond donors (Lipinski definition) is 0. The van der Waals surface area contributed by atoms with Gasteiger partial charge in [-0.1, -0.05) is 73.8 Å². The van der Waals surface area contributed by atoms with Crippen LogP contribution in [0.2, 0.25) is 25.2 Å². The molecule has 0 N–H and O–H groups in total. The van der Waals surface area contributed by atoms with E-state index in [4.69, 9.17) is 0 Å². The van der Waals surface area contributed by atoms with E-state index in [1.807, 2.05) is 0 Å². The summed E-state index contributed by atoms with van der Waals surface area (Å²) >= 11 is 0. The largest absolute Gasteiger partial charge is 0.0797 e. The smallest absolute Gasteiger partial charge is 0.0562 e. The second-order valence-electron chi connectivity index (χ2n) is 7.08. The molecule has 0 spiro atoms. The molecule has 0 heterocycles. The Morgan fingerprint density at radius 2 is 1.47 bits per heavy atom. The highest BCUT2D eigenvalue weighted by molar-refractivity contribution is 6.78. The van der Waals surface area contributed by atoms with E-state index in [0.717, 1.165) is 5.54 Å². The van der Waals surface area contributed by atoms with Gasteiger partial charge in [-0.15, -0.1) is 0 Å². The van der Waals surface area contributed by atoms with E-state index in [0.29, 0.717) is 11.8 Å². The Balaban J connectivity index is 1.90. The molecule has 2 bridgehead atoms. The van der Waals surface area contributed by atoms with Crippen molar-refractivity contribution in [3.8, 4) is 0 Å². The summed E-state index contributed by atoms with van der Waals surface area (Å²) in [5.41, 5.74) is 7.16. The fourth-order valence-corrected chi connectivity index (χ4v) is 5.99. The molecule has 0 saturated heterocycles. The number of hydrogen-bond acceptors (Lipinski definition) is 0. The third-order valence-electron chi connectivity index (χ3n) is 4.90. The minimum Gasteiger partial charge on any atom is -0.0797 e. The monoisotopic (exact) mass is 264 g/mol. The minimum atomic E-state index is -1.17. The van der Waals surface area contributed by atoms with Gasteiger partial charge in [0.1, 0.15) is 0 Å². The van der Waals surface area contributed by atoms with Crippen LogP contribution in [0.15, 0.2) is 59.7 Å². The molecule has 4 aliphatic carbocycles. The number of allylic oxidation sites excluding steroid dienone is 6. The molecule has 5 rings (SSSR count). The van der Waals surface area contributed by atoms with E-state index in [-0.39, 0.29) is 0 Å². The van der Waals surface area contributed by atoms with E-state index in [9.17, 15) is 0 Å². The molecule has 3 unspecified atom stereocenters. The van der Waals surface area contributed by atoms with E-state index in [1.165, 1.54) is 5.56 Å². The molecule has 96 valence electrons. The van der Waals surface area contributed by atoms with Gasteiger partial charge in [0.2, 0.25) is 0 Å². The van der Waals surface area contributed by atoms with Gasteiger partial charge in [0.05, 0.1) is 8.07 Å². The molecule has 0 radical (unpaired) electrons. The quantitative estimate of drug-likeness (QED) is 0.494. The van der Waals surface area contributed by atoms with Crippen molar-refractivity contribution in [2.75, 3.05) is 0 Å². The molecular formula is C18H20Si. The average molecular weight is 264 g/mol. The van der Waals surface area contributed by atoms with Crippen molar-refractivity contribution in [1.29, 1.82) is 0 Å². The standard InChI is InChI=1S/C18H20Si/c1-19(2,3)17-11-10-16-14-8-9-15(18(16)17)13-7-5-4-6-12(13)14/h4-11,14-15,17H,1-3H3. The lowest BCUT2D eigenvalue weighted by molar-refractivity contribution is 0.786. The van der Waals surface area contributed by atoms with Crippen molar-refractivity contribution in [3.05, 3.63) is 70.8 Å². The first-order valence-corrected chi connectivity index (χ1v) is 10.8. The Labute approximate surface area is 116 Å². The molecule has 1 aromatic rings. The Morgan fingerprint density at radius 1 is 0.842 bits per heavy atom. The maximum Gasteiger partial charge on any atom is 0.0562 e. The summed E-state index contributed by atoms with van der Waals surface area (Å²) in [7, 11) is -1.17. The van der Waals surface area contributed by atoms with Crippen LogP contribution in [-0.2, 0) is 0 Å². The van der Waals surface area contributed by atoms with Crippen molar-refractivity contribution < 1.29 is 0 Å². The normalized spacial score (nSPS) is 30.8. The topological polar surface area (TPSA) is 0 Å². The van der Waals surface area contributed by atoms with Gasteiger partial charge in [-0.25, -0.2) is 0 Å². The molecular weight excluding hydrogens is 244 g/mol. The molecule has 0 aromatic heterocycles. The molecule has 3 atom stereocenters. The highest BCUT2D eigenvalue weighted by atomic mass is 28.3. The summed E-state index contributed by atoms with van der Waals surface area (Å²) in [5.74, 6) is 1.07. The highest BCUT2D eigenvalue weighted by Gasteiger charge is 2.43. The lowest BCUT2D eigenvalue weighted by Crippen LogP contribution is -2.31. The Hall–Kier alpha value is -1.34. The maximum atomic E-state index is 2.50. The summed E-state index contributed by atoms with van der Waals surface area (Å²) in [5, 5.41) is 0. The van der Waals surface area contributed by atoms with E-state index < -0.39 is 8.07 Å². The van der Waals surface area contributed by atoms with E-state index >= 15 is 0 Å². The zero-order chi connectivity index (χ0) is 13.2. The number of rotatable bonds is 1. The average Bonchev–Trinajstić information content (AvgIpc) is 2.85. The highest BCUT2D eigenvalue weighted by Crippen LogP contribution is 2.57. The Morgan fingerprint density at radius 3 is 2.16 bits per heavy atom. The Bertz CT molecular complexity index is 640. The third kappa shape index (κ3) is 1.45. The lowest BCUT2D eigenvalue weighted by Gasteiger charge is -2.40. The van der Waals surface area contributed by atoms with E-state index in [1.54, 1.807) is 16.7 Å². The molecule has 19 heavy (non-hydrogen) atoms. The van der Waals surface area contributed by atoms with Gasteiger partial charge in [-0.3, -0.25) is 0 Å². The summed E-state index contributed by atoms with van der Waals surface area (Å²) in [6, 6.07) is 9.03. The van der Waals surface area contributed by atoms with Crippen molar-refractivity contribution in [3.63, 3.8) is 0 Å². The Kier molecular flexibility index (Phi) is 2.18. The van der Waals surface area contributed by atoms with Crippen molar-refractivity contribution in [2.45, 2.75) is 37.0 Å². The molecule has 0 amide bonds. The van der Waals surface area contributed by atoms with Gasteiger partial charge in [-0.2, -0.15) is 0 Å². The number of benzene rings is 1. The van der Waals surface area contributed by atoms with Crippen LogP contribution in [0.5, 0.6) is 0 Å². The molecule has 0 fully saturated rings. The summed E-state index contributed by atoms with van der Waals surface area (Å²) < 4.78 is 0. The van der Waals surface area contributed by atoms with Crippen LogP contribution in [-0.4, -0.2) is 8.07 Å². The molecule has 0 aliphatic heterocycles. The van der Waals surface area contributed by atoms with Gasteiger partial charge in [0.15, 0.2) is 0 Å². The SMILES string of the molecule is C[Si](C)(C)C1C=CC2=C1C1C=CC2c2ccccc21. The zero-order valence-electron chi connectivity index (χ0n) is 11.9. The van der Waals surface area contributed by atoms with Crippen molar-refractivity contribution in [2.24, 2.45) is 0 Å². The second kappa shape index (κ2) is 3.60. The zero-order valence-corrected chi connectivity index (χ0v) is 12.9. The van der Waals surface area contributed by atoms with Crippen LogP contribution < -0.4 is 0 Å². The maximum absolute atomic E-state index is 2.50. The van der Waals surface area contributed by atoms with Crippen LogP contribution in [0.3, 0.4) is 0 Å². The summed E-state index contributed by atoms with van der Waals surface area (Å²) in [6.45, 7) is 7.49. The fraction of sp³-hybridized carbons (Fsp3) is 0.333. The van der Waals surface area contributed by atoms with Crippen LogP contribution in [0, 0.1) is 0 Å². The first kappa shape index (κ1) is 11.5. The minimum absolute atomic E-state index is 0.522. The first-order chi connectivity index (χ1) is 9.07. The lowest BCUT2D eigenvalue weighted by atomic mass is 9.68. The van der Waals surface area contributed by atoms with Crippen LogP contribution in [0.4, 0.5) is 0 Å². The van der Waals surface area contributed by atoms with Gasteiger partial charge >= 0.3 is 0 Å². The first-order valence-electron chi connectivity index (χ1n) is 7.26. The van der Waals surface area contributed by atoms with Crippen LogP contribution in [0.1, 0.15) is 23.0 Å². The van der Waals surface area contributed by atoms with Gasteiger partial charge in [0.25, 0.3) is 0 Å². The van der Waals surface area contributed by atoms with Crippen molar-refractivity contribution in [1.82, 2.24) is 0 Å². The molecule has 0 nitrogen and oxygen atoms in total. The predicted octanol–water partition coefficient (Wildman–Crippen LogP) is 5.01. The van der Waals surface area contributed by atoms with Crippen LogP contribution >= 0.6 is 0 Å². The molecule has 1 heteroatoms. The van der Waals surface area contributed by atoms with Gasteiger partial charge in [-0.05, 0) is 22.2 Å². The van der Waals surface area contributed by atoms with Crippen LogP contribution in [0.25, 0.3) is 0 Å². The molecule has 1 aromatic carbocycles. The summed E-state index contributed by atoms with van der Waals surface area (Å²) in [4.78, 5) is 0. The van der Waals surface area contributed by atoms with Crippen molar-refractivity contribution >= 4 is 8.07 Å². The van der Waals surface area contributed by atoms with Gasteiger partial charge < -0.3 is 0 Å². The third-order valence-corrected chi connectivity index (χ3v) is 7.27. The van der Waals surface area contributed by atoms with E-state index in [2.05, 4.69) is 68.2 Å². The molecule has 0 saturated carbocycles. The molecule has 4 aliphatic rings. The van der Waals surface area contributed by atoms with Gasteiger partial charge in [0, 0.05) is 11.8 Å². The second-order valence-corrected chi connectivity index (χ2v) is 12.4. The summed E-state index contributed by atoms with van der Waals surface area (Å²) in [6.07, 6.45) is 9.79. The fourth-order valence-electron chi connectivity index (χ4n) is 4.04. The predicted molar refractivity (Wildman–Crippen MR) is 84.3 cm³/mol.